The number of rotatable bonds is 11. The molecule has 0 atom stereocenters. The zero-order chi connectivity index (χ0) is 22.7. The minimum Gasteiger partial charge on any atom is -0.219 e. The van der Waals surface area contributed by atoms with Gasteiger partial charge in [0, 0.05) is 0 Å². The van der Waals surface area contributed by atoms with Crippen LogP contribution in [0.4, 0.5) is 0 Å². The summed E-state index contributed by atoms with van der Waals surface area (Å²) in [4.78, 5) is 0. The predicted octanol–water partition coefficient (Wildman–Crippen LogP) is 13.3. The van der Waals surface area contributed by atoms with Crippen LogP contribution in [-0.4, -0.2) is 17.6 Å². The maximum absolute atomic E-state index is 6.17. The fourth-order valence-electron chi connectivity index (χ4n) is 1.78. The zero-order valence-corrected chi connectivity index (χ0v) is 25.7. The van der Waals surface area contributed by atoms with Crippen molar-refractivity contribution in [3.05, 3.63) is 0 Å². The van der Waals surface area contributed by atoms with E-state index in [9.17, 15) is 0 Å². The Morgan fingerprint density at radius 2 is 0.714 bits per heavy atom. The second-order valence-corrected chi connectivity index (χ2v) is 25.0. The summed E-state index contributed by atoms with van der Waals surface area (Å²) in [6.07, 6.45) is 2.79. The van der Waals surface area contributed by atoms with Gasteiger partial charge in [0.25, 0.3) is 0 Å². The van der Waals surface area contributed by atoms with Crippen molar-refractivity contribution in [1.29, 1.82) is 0 Å². The second-order valence-electron chi connectivity index (χ2n) is 5.44. The largest absolute Gasteiger partial charge is 0.242 e. The number of nitrogens with zero attached hydrogens (tertiary/aromatic N) is 2. The van der Waals surface area contributed by atoms with Crippen molar-refractivity contribution in [2.75, 3.05) is 0 Å². The summed E-state index contributed by atoms with van der Waals surface area (Å²) in [6.45, 7) is 0. The van der Waals surface area contributed by atoms with Gasteiger partial charge in [0.05, 0.1) is 0 Å². The lowest BCUT2D eigenvalue weighted by Gasteiger charge is -2.30. The molecule has 0 saturated carbocycles. The Balaban J connectivity index is 4.59. The number of halogens is 14. The first-order chi connectivity index (χ1) is 12.1. The third-order valence-corrected chi connectivity index (χ3v) is 10.2. The highest BCUT2D eigenvalue weighted by Gasteiger charge is 2.49. The van der Waals surface area contributed by atoms with Crippen molar-refractivity contribution in [2.24, 2.45) is 9.49 Å². The molecule has 0 aromatic heterocycles. The monoisotopic (exact) mass is 712 g/mol. The first-order valence-electron chi connectivity index (χ1n) is 7.08. The molecule has 28 heavy (non-hydrogen) atoms. The van der Waals surface area contributed by atoms with Gasteiger partial charge in [0.15, 0.2) is 8.67 Å². The van der Waals surface area contributed by atoms with Crippen molar-refractivity contribution < 1.29 is 0 Å². The molecule has 0 rings (SSSR count). The van der Waals surface area contributed by atoms with E-state index in [1.807, 2.05) is 0 Å². The van der Waals surface area contributed by atoms with E-state index in [1.54, 1.807) is 0 Å². The molecule has 0 saturated heterocycles. The van der Waals surface area contributed by atoms with Crippen LogP contribution in [0.1, 0.15) is 38.5 Å². The molecule has 0 aliphatic rings. The van der Waals surface area contributed by atoms with Gasteiger partial charge >= 0.3 is 0 Å². The van der Waals surface area contributed by atoms with Crippen LogP contribution in [-0.2, 0) is 0 Å². The molecule has 0 spiro atoms. The number of hydrogen-bond donors (Lipinski definition) is 0. The first kappa shape index (κ1) is 32.5. The number of alkyl halides is 8. The van der Waals surface area contributed by atoms with Gasteiger partial charge in [0.2, 0.25) is 19.1 Å². The van der Waals surface area contributed by atoms with Crippen molar-refractivity contribution in [2.45, 2.75) is 56.1 Å². The van der Waals surface area contributed by atoms with E-state index < -0.39 is 27.8 Å². The highest BCUT2D eigenvalue weighted by molar-refractivity contribution is 8.26. The standard InChI is InChI=1S/C10H12Cl14N2P2/c11-7(12,9(15,16)25-27(19,20)21)5-3-1-2-4-6-8(13,14)10(17,18)26-28(22,23)24/h1-6H2. The molecule has 2 nitrogen and oxygen atoms in total. The van der Waals surface area contributed by atoms with Gasteiger partial charge in [0.1, 0.15) is 0 Å². The Morgan fingerprint density at radius 3 is 0.929 bits per heavy atom. The summed E-state index contributed by atoms with van der Waals surface area (Å²) in [5.74, 6) is 0. The lowest BCUT2D eigenvalue weighted by atomic mass is 10.1. The van der Waals surface area contributed by atoms with Gasteiger partial charge in [-0.2, -0.15) is 0 Å². The Morgan fingerprint density at radius 1 is 0.464 bits per heavy atom. The molecule has 0 aliphatic carbocycles. The molecule has 0 fully saturated rings. The van der Waals surface area contributed by atoms with Crippen LogP contribution in [0.5, 0.6) is 0 Å². The summed E-state index contributed by atoms with van der Waals surface area (Å²) >= 11 is 82.7. The van der Waals surface area contributed by atoms with Crippen molar-refractivity contribution >= 4 is 170 Å². The van der Waals surface area contributed by atoms with Gasteiger partial charge in [-0.05, 0) is 80.3 Å². The summed E-state index contributed by atoms with van der Waals surface area (Å²) in [5.41, 5.74) is 0. The van der Waals surface area contributed by atoms with Gasteiger partial charge in [-0.1, -0.05) is 118 Å². The highest BCUT2D eigenvalue weighted by atomic mass is 36.1. The van der Waals surface area contributed by atoms with Gasteiger partial charge in [-0.25, -0.2) is 9.49 Å². The van der Waals surface area contributed by atoms with E-state index in [0.717, 1.165) is 0 Å². The molecule has 18 heteroatoms. The number of hydrogen-bond acceptors (Lipinski definition) is 2. The zero-order valence-electron chi connectivity index (χ0n) is 13.3. The Hall–Kier alpha value is 4.52. The molecular weight excluding hydrogens is 706 g/mol. The van der Waals surface area contributed by atoms with E-state index in [-0.39, 0.29) is 12.8 Å². The summed E-state index contributed by atoms with van der Waals surface area (Å²) in [5, 5.41) is -6.43. The van der Waals surface area contributed by atoms with Crippen molar-refractivity contribution in [3.63, 3.8) is 0 Å². The first-order valence-corrected chi connectivity index (χ1v) is 19.0. The molecule has 0 aliphatic heterocycles. The SMILES string of the molecule is ClC(Cl)(CCCCCCC(Cl)(Cl)C(Cl)(Cl)N=P(Cl)(Cl)Cl)C(Cl)(Cl)N=P(Cl)(Cl)Cl. The fourth-order valence-corrected chi connectivity index (χ4v) is 8.80. The maximum atomic E-state index is 6.17. The Kier molecular flexibility index (Phi) is 14.5. The van der Waals surface area contributed by atoms with Gasteiger partial charge in [-0.3, -0.25) is 0 Å². The van der Waals surface area contributed by atoms with Gasteiger partial charge < -0.3 is 0 Å². The molecular formula is C10H12Cl14N2P2. The third kappa shape index (κ3) is 12.8. The van der Waals surface area contributed by atoms with E-state index in [4.69, 9.17) is 160 Å². The van der Waals surface area contributed by atoms with Crippen LogP contribution < -0.4 is 0 Å². The molecule has 0 bridgehead atoms. The summed E-state index contributed by atoms with van der Waals surface area (Å²) < 4.78 is 0.108. The predicted molar refractivity (Wildman–Crippen MR) is 139 cm³/mol. The van der Waals surface area contributed by atoms with E-state index in [2.05, 4.69) is 9.49 Å². The Labute approximate surface area is 233 Å². The smallest absolute Gasteiger partial charge is 0.219 e. The molecule has 0 N–H and O–H groups in total. The quantitative estimate of drug-likeness (QED) is 0.0880. The van der Waals surface area contributed by atoms with Crippen LogP contribution in [0, 0.1) is 0 Å². The van der Waals surface area contributed by atoms with Crippen LogP contribution in [0.15, 0.2) is 9.49 Å². The normalized spacial score (nSPS) is 14.9. The second kappa shape index (κ2) is 12.5. The van der Waals surface area contributed by atoms with Crippen LogP contribution in [0.3, 0.4) is 0 Å². The van der Waals surface area contributed by atoms with E-state index >= 15 is 0 Å². The minimum atomic E-state index is -3.21. The topological polar surface area (TPSA) is 24.7 Å². The van der Waals surface area contributed by atoms with Crippen LogP contribution in [0.2, 0.25) is 0 Å². The Bertz CT molecular complexity index is 551. The van der Waals surface area contributed by atoms with Crippen molar-refractivity contribution in [1.82, 2.24) is 0 Å². The van der Waals surface area contributed by atoms with Crippen LogP contribution >= 0.6 is 170 Å². The average molecular weight is 719 g/mol. The summed E-state index contributed by atoms with van der Waals surface area (Å²) in [7, 11) is 0. The third-order valence-electron chi connectivity index (χ3n) is 3.09. The van der Waals surface area contributed by atoms with E-state index in [1.165, 1.54) is 0 Å². The highest BCUT2D eigenvalue weighted by Crippen LogP contribution is 2.69. The molecule has 0 aromatic carbocycles. The molecule has 0 aromatic rings. The molecule has 170 valence electrons. The molecule has 0 heterocycles. The fraction of sp³-hybridized carbons (Fsp3) is 1.00. The van der Waals surface area contributed by atoms with Crippen LogP contribution in [0.25, 0.3) is 0 Å². The molecule has 0 radical (unpaired) electrons. The van der Waals surface area contributed by atoms with Crippen molar-refractivity contribution in [3.8, 4) is 0 Å². The lowest BCUT2D eigenvalue weighted by Crippen LogP contribution is -2.34. The maximum Gasteiger partial charge on any atom is 0.242 e. The van der Waals surface area contributed by atoms with E-state index in [0.29, 0.717) is 25.7 Å². The number of unbranched alkanes of at least 4 members (excludes halogenated alkanes) is 3. The lowest BCUT2D eigenvalue weighted by molar-refractivity contribution is 0.522. The molecule has 0 amide bonds. The summed E-state index contributed by atoms with van der Waals surface area (Å²) in [6, 6.07) is 0. The minimum absolute atomic E-state index is 0.187. The molecule has 0 unspecified atom stereocenters. The average Bonchev–Trinajstić information content (AvgIpc) is 2.36. The van der Waals surface area contributed by atoms with Gasteiger partial charge in [-0.15, -0.1) is 0 Å².